The van der Waals surface area contributed by atoms with E-state index in [4.69, 9.17) is 0 Å². The van der Waals surface area contributed by atoms with Crippen LogP contribution in [0.4, 0.5) is 5.69 Å². The number of piperazine rings is 1. The summed E-state index contributed by atoms with van der Waals surface area (Å²) in [5.74, 6) is 0.127. The fourth-order valence-corrected chi connectivity index (χ4v) is 7.37. The lowest BCUT2D eigenvalue weighted by atomic mass is 9.92. The molecule has 5 aromatic rings. The molecule has 40 heavy (non-hydrogen) atoms. The smallest absolute Gasteiger partial charge is 0.261 e. The highest BCUT2D eigenvalue weighted by Gasteiger charge is 2.33. The summed E-state index contributed by atoms with van der Waals surface area (Å²) in [6.07, 6.45) is 1.87. The maximum atomic E-state index is 13.5. The van der Waals surface area contributed by atoms with Crippen LogP contribution in [-0.2, 0) is 12.3 Å². The fourth-order valence-electron chi connectivity index (χ4n) is 5.42. The first-order valence-electron chi connectivity index (χ1n) is 13.3. The summed E-state index contributed by atoms with van der Waals surface area (Å²) in [5.41, 5.74) is 4.07. The van der Waals surface area contributed by atoms with Crippen molar-refractivity contribution in [2.75, 3.05) is 44.7 Å². The van der Waals surface area contributed by atoms with Crippen LogP contribution in [0.3, 0.4) is 0 Å². The van der Waals surface area contributed by atoms with E-state index in [0.717, 1.165) is 62.9 Å². The van der Waals surface area contributed by atoms with E-state index in [2.05, 4.69) is 38.2 Å². The molecule has 9 nitrogen and oxygen atoms in total. The number of benzene rings is 3. The summed E-state index contributed by atoms with van der Waals surface area (Å²) in [6, 6.07) is 17.8. The van der Waals surface area contributed by atoms with Gasteiger partial charge in [0.25, 0.3) is 11.8 Å². The Balaban J connectivity index is 1.05. The van der Waals surface area contributed by atoms with Crippen molar-refractivity contribution in [1.82, 2.24) is 29.8 Å². The number of imide groups is 1. The van der Waals surface area contributed by atoms with Gasteiger partial charge in [0, 0.05) is 72.3 Å². The number of fused-ring (bicyclic) bond motifs is 1. The summed E-state index contributed by atoms with van der Waals surface area (Å²) in [5, 5.41) is 10.3. The van der Waals surface area contributed by atoms with E-state index in [1.807, 2.05) is 54.7 Å². The summed E-state index contributed by atoms with van der Waals surface area (Å²) in [6.45, 7) is 4.41. The molecule has 1 fully saturated rings. The van der Waals surface area contributed by atoms with Gasteiger partial charge in [-0.1, -0.05) is 41.2 Å². The van der Waals surface area contributed by atoms with Crippen LogP contribution >= 0.6 is 23.1 Å². The molecule has 4 heterocycles. The highest BCUT2D eigenvalue weighted by atomic mass is 32.2. The minimum Gasteiger partial charge on any atom is -0.368 e. The van der Waals surface area contributed by atoms with E-state index in [-0.39, 0.29) is 18.4 Å². The lowest BCUT2D eigenvalue weighted by Crippen LogP contribution is -2.45. The normalized spacial score (nSPS) is 16.0. The van der Waals surface area contributed by atoms with Crippen molar-refractivity contribution in [1.29, 1.82) is 0 Å². The Bertz CT molecular complexity index is 1700. The van der Waals surface area contributed by atoms with Crippen LogP contribution in [0.2, 0.25) is 0 Å². The van der Waals surface area contributed by atoms with Crippen LogP contribution in [0.1, 0.15) is 26.4 Å². The number of thiazole rings is 1. The monoisotopic (exact) mass is 569 g/mol. The predicted molar refractivity (Wildman–Crippen MR) is 158 cm³/mol. The van der Waals surface area contributed by atoms with Gasteiger partial charge in [0.2, 0.25) is 0 Å². The molecule has 0 spiro atoms. The molecular weight excluding hydrogens is 543 g/mol. The van der Waals surface area contributed by atoms with Crippen LogP contribution in [-0.4, -0.2) is 81.4 Å². The number of rotatable bonds is 7. The molecule has 202 valence electrons. The van der Waals surface area contributed by atoms with Crippen LogP contribution in [0.15, 0.2) is 65.1 Å². The zero-order valence-corrected chi connectivity index (χ0v) is 23.6. The summed E-state index contributed by atoms with van der Waals surface area (Å²) >= 11 is 3.29. The number of carbonyl (C=O) groups is 2. The van der Waals surface area contributed by atoms with Gasteiger partial charge in [0.1, 0.15) is 0 Å². The number of anilines is 1. The Morgan fingerprint density at radius 2 is 1.70 bits per heavy atom. The molecule has 7 rings (SSSR count). The summed E-state index contributed by atoms with van der Waals surface area (Å²) in [7, 11) is 2.13. The third kappa shape index (κ3) is 4.53. The lowest BCUT2D eigenvalue weighted by Gasteiger charge is -2.35. The molecule has 2 aromatic heterocycles. The molecule has 11 heteroatoms. The van der Waals surface area contributed by atoms with Gasteiger partial charge < -0.3 is 9.80 Å². The minimum atomic E-state index is -0.259. The Labute approximate surface area is 239 Å². The second-order valence-corrected chi connectivity index (χ2v) is 12.4. The molecule has 0 N–H and O–H groups in total. The highest BCUT2D eigenvalue weighted by molar-refractivity contribution is 8.00. The Kier molecular flexibility index (Phi) is 6.49. The molecule has 1 saturated heterocycles. The zero-order valence-electron chi connectivity index (χ0n) is 22.0. The zero-order chi connectivity index (χ0) is 27.2. The van der Waals surface area contributed by atoms with Gasteiger partial charge in [-0.2, -0.15) is 0 Å². The van der Waals surface area contributed by atoms with Crippen molar-refractivity contribution in [2.24, 2.45) is 0 Å². The van der Waals surface area contributed by atoms with Gasteiger partial charge in [-0.05, 0) is 37.4 Å². The molecule has 2 aliphatic heterocycles. The van der Waals surface area contributed by atoms with E-state index in [1.54, 1.807) is 27.8 Å². The van der Waals surface area contributed by atoms with E-state index in [0.29, 0.717) is 23.4 Å². The maximum Gasteiger partial charge on any atom is 0.261 e. The number of aromatic nitrogens is 4. The van der Waals surface area contributed by atoms with Crippen LogP contribution in [0, 0.1) is 0 Å². The van der Waals surface area contributed by atoms with Gasteiger partial charge in [-0.15, -0.1) is 16.4 Å². The highest BCUT2D eigenvalue weighted by Crippen LogP contribution is 2.36. The molecule has 0 bridgehead atoms. The molecule has 0 aliphatic carbocycles. The van der Waals surface area contributed by atoms with E-state index < -0.39 is 0 Å². The Hall–Kier alpha value is -3.80. The number of para-hydroxylation sites is 1. The fraction of sp³-hybridized carbons (Fsp3) is 0.276. The first-order chi connectivity index (χ1) is 19.5. The van der Waals surface area contributed by atoms with Crippen LogP contribution in [0.25, 0.3) is 21.0 Å². The number of likely N-dealkylation sites (N-methyl/N-ethyl adjacent to an activating group) is 1. The standard InChI is InChI=1S/C29H27N7O2S2/c1-33-11-13-34(14-12-33)24-10-9-22-26-20(24)5-4-6-21(26)27(37)36(28(22)38)16-15-35-17-19(31-32-35)18-39-29-30-23-7-2-3-8-25(23)40-29/h2-10,17H,11-16,18H2,1H3. The van der Waals surface area contributed by atoms with E-state index in [9.17, 15) is 9.59 Å². The Morgan fingerprint density at radius 3 is 2.52 bits per heavy atom. The summed E-state index contributed by atoms with van der Waals surface area (Å²) in [4.78, 5) is 37.7. The molecule has 3 aromatic carbocycles. The van der Waals surface area contributed by atoms with Gasteiger partial charge >= 0.3 is 0 Å². The first kappa shape index (κ1) is 25.2. The van der Waals surface area contributed by atoms with Crippen molar-refractivity contribution in [3.05, 3.63) is 77.6 Å². The van der Waals surface area contributed by atoms with Crippen molar-refractivity contribution >= 4 is 61.6 Å². The molecule has 2 amide bonds. The van der Waals surface area contributed by atoms with Crippen molar-refractivity contribution in [3.8, 4) is 0 Å². The van der Waals surface area contributed by atoms with Gasteiger partial charge in [0.05, 0.1) is 22.5 Å². The molecular formula is C29H27N7O2S2. The number of hydrogen-bond acceptors (Lipinski definition) is 9. The SMILES string of the molecule is CN1CCN(c2ccc3c4c(cccc24)C(=O)N(CCn2cc(CSc4nc5ccccc5s4)nn2)C3=O)CC1. The van der Waals surface area contributed by atoms with Crippen molar-refractivity contribution in [3.63, 3.8) is 0 Å². The number of amides is 2. The largest absolute Gasteiger partial charge is 0.368 e. The molecule has 2 aliphatic rings. The molecule has 0 radical (unpaired) electrons. The predicted octanol–water partition coefficient (Wildman–Crippen LogP) is 4.38. The molecule has 0 atom stereocenters. The van der Waals surface area contributed by atoms with E-state index >= 15 is 0 Å². The molecule has 0 saturated carbocycles. The number of hydrogen-bond donors (Lipinski definition) is 0. The average Bonchev–Trinajstić information content (AvgIpc) is 3.61. The number of nitrogens with zero attached hydrogens (tertiary/aromatic N) is 7. The quantitative estimate of drug-likeness (QED) is 0.211. The van der Waals surface area contributed by atoms with E-state index in [1.165, 1.54) is 4.90 Å². The third-order valence-electron chi connectivity index (χ3n) is 7.57. The Morgan fingerprint density at radius 1 is 0.900 bits per heavy atom. The van der Waals surface area contributed by atoms with Gasteiger partial charge in [-0.25, -0.2) is 4.98 Å². The maximum absolute atomic E-state index is 13.5. The lowest BCUT2D eigenvalue weighted by molar-refractivity contribution is 0.0603. The van der Waals surface area contributed by atoms with Crippen LogP contribution in [0.5, 0.6) is 0 Å². The third-order valence-corrected chi connectivity index (χ3v) is 9.78. The van der Waals surface area contributed by atoms with Gasteiger partial charge in [-0.3, -0.25) is 19.2 Å². The number of thioether (sulfide) groups is 1. The second-order valence-electron chi connectivity index (χ2n) is 10.1. The first-order valence-corrected chi connectivity index (χ1v) is 15.1. The second kappa shape index (κ2) is 10.3. The number of carbonyl (C=O) groups excluding carboxylic acids is 2. The van der Waals surface area contributed by atoms with Crippen molar-refractivity contribution in [2.45, 2.75) is 16.6 Å². The summed E-state index contributed by atoms with van der Waals surface area (Å²) < 4.78 is 3.85. The van der Waals surface area contributed by atoms with Crippen molar-refractivity contribution < 1.29 is 9.59 Å². The van der Waals surface area contributed by atoms with Crippen LogP contribution < -0.4 is 4.90 Å². The average molecular weight is 570 g/mol. The minimum absolute atomic E-state index is 0.224. The van der Waals surface area contributed by atoms with Gasteiger partial charge in [0.15, 0.2) is 4.34 Å². The molecule has 0 unspecified atom stereocenters. The topological polar surface area (TPSA) is 87.5 Å².